The number of benzene rings is 3. The first kappa shape index (κ1) is 21.8. The van der Waals surface area contributed by atoms with Crippen LogP contribution in [0.4, 0.5) is 0 Å². The monoisotopic (exact) mass is 400 g/mol. The highest BCUT2D eigenvalue weighted by atomic mass is 16.5. The highest BCUT2D eigenvalue weighted by molar-refractivity contribution is 5.92. The fraction of sp³-hybridized carbons (Fsp3) is 0.321. The smallest absolute Gasteiger partial charge is 0.325 e. The Hall–Kier alpha value is -2.87. The highest BCUT2D eigenvalue weighted by Gasteiger charge is 2.45. The zero-order valence-electron chi connectivity index (χ0n) is 18.1. The standard InChI is InChI=1S/C28H32O2/c1-3-4-5-9-16-23(2)30-27(29)28(24-17-10-6-11-18-24,25-19-12-7-13-20-25)26-21-14-8-15-22-26/h6-8,10-15,17-23H,3-5,9,16H2,1-2H3/t23-/m0/s1. The molecule has 0 amide bonds. The van der Waals surface area contributed by atoms with Gasteiger partial charge in [0.15, 0.2) is 0 Å². The van der Waals surface area contributed by atoms with E-state index in [0.29, 0.717) is 0 Å². The molecule has 0 aliphatic heterocycles. The summed E-state index contributed by atoms with van der Waals surface area (Å²) in [6.45, 7) is 4.22. The van der Waals surface area contributed by atoms with Crippen molar-refractivity contribution in [1.82, 2.24) is 0 Å². The van der Waals surface area contributed by atoms with Gasteiger partial charge in [-0.05, 0) is 36.5 Å². The Morgan fingerprint density at radius 3 is 1.57 bits per heavy atom. The molecule has 0 aliphatic rings. The van der Waals surface area contributed by atoms with Gasteiger partial charge in [-0.1, -0.05) is 117 Å². The van der Waals surface area contributed by atoms with E-state index in [2.05, 4.69) is 6.92 Å². The molecule has 0 heterocycles. The third-order valence-corrected chi connectivity index (χ3v) is 5.70. The Bertz CT molecular complexity index is 791. The van der Waals surface area contributed by atoms with E-state index in [4.69, 9.17) is 4.74 Å². The van der Waals surface area contributed by atoms with Crippen molar-refractivity contribution >= 4 is 5.97 Å². The van der Waals surface area contributed by atoms with Gasteiger partial charge < -0.3 is 4.74 Å². The average molecular weight is 401 g/mol. The molecule has 2 heteroatoms. The number of hydrogen-bond donors (Lipinski definition) is 0. The zero-order valence-corrected chi connectivity index (χ0v) is 18.1. The molecule has 3 rings (SSSR count). The van der Waals surface area contributed by atoms with Gasteiger partial charge in [0.2, 0.25) is 0 Å². The molecule has 156 valence electrons. The third kappa shape index (κ3) is 4.81. The van der Waals surface area contributed by atoms with Crippen LogP contribution in [-0.4, -0.2) is 12.1 Å². The zero-order chi connectivity index (χ0) is 21.2. The molecule has 30 heavy (non-hydrogen) atoms. The topological polar surface area (TPSA) is 26.3 Å². The molecular weight excluding hydrogens is 368 g/mol. The van der Waals surface area contributed by atoms with Crippen molar-refractivity contribution < 1.29 is 9.53 Å². The number of rotatable bonds is 10. The molecule has 0 saturated carbocycles. The van der Waals surface area contributed by atoms with Crippen LogP contribution in [0.25, 0.3) is 0 Å². The summed E-state index contributed by atoms with van der Waals surface area (Å²) in [6.07, 6.45) is 5.46. The molecular formula is C28H32O2. The minimum Gasteiger partial charge on any atom is -0.462 e. The molecule has 3 aromatic rings. The molecule has 0 N–H and O–H groups in total. The largest absolute Gasteiger partial charge is 0.462 e. The SMILES string of the molecule is CCCCCC[C@H](C)OC(=O)C(c1ccccc1)(c1ccccc1)c1ccccc1. The van der Waals surface area contributed by atoms with E-state index in [1.807, 2.05) is 97.9 Å². The van der Waals surface area contributed by atoms with Gasteiger partial charge in [-0.2, -0.15) is 0 Å². The van der Waals surface area contributed by atoms with Gasteiger partial charge in [-0.15, -0.1) is 0 Å². The molecule has 0 aliphatic carbocycles. The van der Waals surface area contributed by atoms with Crippen molar-refractivity contribution in [3.63, 3.8) is 0 Å². The van der Waals surface area contributed by atoms with Crippen LogP contribution in [0.1, 0.15) is 62.6 Å². The number of unbranched alkanes of at least 4 members (excludes halogenated alkanes) is 3. The van der Waals surface area contributed by atoms with Crippen molar-refractivity contribution in [3.8, 4) is 0 Å². The quantitative estimate of drug-likeness (QED) is 0.210. The Kier molecular flexibility index (Phi) is 7.84. The Morgan fingerprint density at radius 2 is 1.17 bits per heavy atom. The van der Waals surface area contributed by atoms with Crippen molar-refractivity contribution in [1.29, 1.82) is 0 Å². The lowest BCUT2D eigenvalue weighted by Crippen LogP contribution is -2.41. The molecule has 2 nitrogen and oxygen atoms in total. The van der Waals surface area contributed by atoms with E-state index in [9.17, 15) is 4.79 Å². The summed E-state index contributed by atoms with van der Waals surface area (Å²) in [6, 6.07) is 30.0. The summed E-state index contributed by atoms with van der Waals surface area (Å²) in [5.41, 5.74) is 1.77. The summed E-state index contributed by atoms with van der Waals surface area (Å²) >= 11 is 0. The predicted octanol–water partition coefficient (Wildman–Crippen LogP) is 6.92. The second-order valence-corrected chi connectivity index (χ2v) is 7.91. The van der Waals surface area contributed by atoms with Gasteiger partial charge in [-0.3, -0.25) is 4.79 Å². The molecule has 1 atom stereocenters. The Balaban J connectivity index is 2.04. The fourth-order valence-corrected chi connectivity index (χ4v) is 4.11. The van der Waals surface area contributed by atoms with Gasteiger partial charge >= 0.3 is 5.97 Å². The second kappa shape index (κ2) is 10.8. The summed E-state index contributed by atoms with van der Waals surface area (Å²) in [4.78, 5) is 13.9. The van der Waals surface area contributed by atoms with E-state index in [0.717, 1.165) is 29.5 Å². The van der Waals surface area contributed by atoms with Crippen LogP contribution >= 0.6 is 0 Å². The number of hydrogen-bond acceptors (Lipinski definition) is 2. The maximum absolute atomic E-state index is 13.9. The molecule has 0 saturated heterocycles. The summed E-state index contributed by atoms with van der Waals surface area (Å²) in [5.74, 6) is -0.214. The lowest BCUT2D eigenvalue weighted by molar-refractivity contribution is -0.152. The molecule has 0 radical (unpaired) electrons. The fourth-order valence-electron chi connectivity index (χ4n) is 4.11. The highest BCUT2D eigenvalue weighted by Crippen LogP contribution is 2.40. The van der Waals surface area contributed by atoms with E-state index in [1.165, 1.54) is 19.3 Å². The average Bonchev–Trinajstić information content (AvgIpc) is 2.79. The molecule has 3 aromatic carbocycles. The van der Waals surface area contributed by atoms with Crippen LogP contribution in [0.2, 0.25) is 0 Å². The van der Waals surface area contributed by atoms with Crippen LogP contribution in [-0.2, 0) is 14.9 Å². The normalized spacial score (nSPS) is 12.3. The van der Waals surface area contributed by atoms with Crippen molar-refractivity contribution in [2.24, 2.45) is 0 Å². The number of carbonyl (C=O) groups excluding carboxylic acids is 1. The lowest BCUT2D eigenvalue weighted by Gasteiger charge is -2.34. The molecule has 0 unspecified atom stereocenters. The van der Waals surface area contributed by atoms with E-state index >= 15 is 0 Å². The maximum Gasteiger partial charge on any atom is 0.325 e. The van der Waals surface area contributed by atoms with E-state index in [1.54, 1.807) is 0 Å². The van der Waals surface area contributed by atoms with Crippen molar-refractivity contribution in [2.75, 3.05) is 0 Å². The summed E-state index contributed by atoms with van der Waals surface area (Å²) < 4.78 is 6.12. The van der Waals surface area contributed by atoms with Crippen molar-refractivity contribution in [2.45, 2.75) is 57.5 Å². The second-order valence-electron chi connectivity index (χ2n) is 7.91. The third-order valence-electron chi connectivity index (χ3n) is 5.70. The van der Waals surface area contributed by atoms with Gasteiger partial charge in [0.25, 0.3) is 0 Å². The Morgan fingerprint density at radius 1 is 0.733 bits per heavy atom. The van der Waals surface area contributed by atoms with Crippen LogP contribution in [0.5, 0.6) is 0 Å². The van der Waals surface area contributed by atoms with E-state index in [-0.39, 0.29) is 12.1 Å². The van der Waals surface area contributed by atoms with Crippen LogP contribution < -0.4 is 0 Å². The van der Waals surface area contributed by atoms with Gasteiger partial charge in [0, 0.05) is 0 Å². The number of carbonyl (C=O) groups is 1. The van der Waals surface area contributed by atoms with Gasteiger partial charge in [-0.25, -0.2) is 0 Å². The molecule has 0 bridgehead atoms. The summed E-state index contributed by atoms with van der Waals surface area (Å²) in [7, 11) is 0. The van der Waals surface area contributed by atoms with Crippen LogP contribution in [0.15, 0.2) is 91.0 Å². The minimum absolute atomic E-state index is 0.120. The maximum atomic E-state index is 13.9. The summed E-state index contributed by atoms with van der Waals surface area (Å²) in [5, 5.41) is 0. The Labute approximate surface area is 180 Å². The molecule has 0 aromatic heterocycles. The minimum atomic E-state index is -0.999. The first-order valence-electron chi connectivity index (χ1n) is 11.1. The van der Waals surface area contributed by atoms with Gasteiger partial charge in [0.05, 0.1) is 6.10 Å². The van der Waals surface area contributed by atoms with Gasteiger partial charge in [0.1, 0.15) is 5.41 Å². The van der Waals surface area contributed by atoms with Crippen molar-refractivity contribution in [3.05, 3.63) is 108 Å². The lowest BCUT2D eigenvalue weighted by atomic mass is 9.69. The van der Waals surface area contributed by atoms with E-state index < -0.39 is 5.41 Å². The number of ether oxygens (including phenoxy) is 1. The predicted molar refractivity (Wildman–Crippen MR) is 124 cm³/mol. The van der Waals surface area contributed by atoms with Crippen LogP contribution in [0, 0.1) is 0 Å². The molecule has 0 spiro atoms. The number of esters is 1. The molecule has 0 fully saturated rings. The first-order valence-corrected chi connectivity index (χ1v) is 11.1. The first-order chi connectivity index (χ1) is 14.7. The van der Waals surface area contributed by atoms with Crippen LogP contribution in [0.3, 0.4) is 0 Å².